The lowest BCUT2D eigenvalue weighted by Crippen LogP contribution is -2.00. The number of nitriles is 1. The van der Waals surface area contributed by atoms with Gasteiger partial charge in [0, 0.05) is 45.7 Å². The number of hydrogen-bond acceptors (Lipinski definition) is 4. The Morgan fingerprint density at radius 1 is 0.829 bits per heavy atom. The molecule has 0 spiro atoms. The Morgan fingerprint density at radius 2 is 1.68 bits per heavy atom. The number of fused-ring (bicyclic) bond motifs is 3. The van der Waals surface area contributed by atoms with Crippen molar-refractivity contribution in [2.75, 3.05) is 5.32 Å². The summed E-state index contributed by atoms with van der Waals surface area (Å²) in [5, 5.41) is 15.3. The van der Waals surface area contributed by atoms with Crippen molar-refractivity contribution in [3.8, 4) is 39.4 Å². The Balaban J connectivity index is 1.44. The molecular weight excluding hydrogens is 502 g/mol. The van der Waals surface area contributed by atoms with Gasteiger partial charge in [-0.1, -0.05) is 60.7 Å². The number of aromatic nitrogens is 1. The number of nitrogens with one attached hydrogen (secondary N) is 1. The molecular formula is C37H27N3O. The molecule has 1 aliphatic carbocycles. The highest BCUT2D eigenvalue weighted by molar-refractivity contribution is 5.96. The van der Waals surface area contributed by atoms with Gasteiger partial charge in [-0.05, 0) is 84.5 Å². The van der Waals surface area contributed by atoms with Crippen LogP contribution in [0, 0.1) is 18.3 Å². The SMILES string of the molecule is Cc1ccccc1-c1ccccc1Nc1c(C#N)cc(-c2cccnc2)cc1-c1ccc2oc3c(c2c1)CCC=C3. The second-order valence-corrected chi connectivity index (χ2v) is 10.4. The van der Waals surface area contributed by atoms with E-state index in [0.717, 1.165) is 74.3 Å². The number of furan rings is 1. The normalized spacial score (nSPS) is 12.2. The molecule has 0 amide bonds. The summed E-state index contributed by atoms with van der Waals surface area (Å²) in [4.78, 5) is 4.33. The number of hydrogen-bond donors (Lipinski definition) is 1. The molecule has 1 aliphatic rings. The van der Waals surface area contributed by atoms with Gasteiger partial charge in [-0.2, -0.15) is 5.26 Å². The molecule has 196 valence electrons. The van der Waals surface area contributed by atoms with Crippen molar-refractivity contribution in [3.05, 3.63) is 132 Å². The Hall–Kier alpha value is -5.40. The van der Waals surface area contributed by atoms with Crippen molar-refractivity contribution >= 4 is 28.4 Å². The molecule has 0 fully saturated rings. The molecule has 1 N–H and O–H groups in total. The van der Waals surface area contributed by atoms with E-state index in [0.29, 0.717) is 5.56 Å². The van der Waals surface area contributed by atoms with Crippen LogP contribution in [0.15, 0.2) is 114 Å². The van der Waals surface area contributed by atoms with Crippen molar-refractivity contribution in [1.82, 2.24) is 4.98 Å². The third-order valence-corrected chi connectivity index (χ3v) is 7.84. The van der Waals surface area contributed by atoms with Crippen molar-refractivity contribution < 1.29 is 4.42 Å². The Kier molecular flexibility index (Phi) is 6.18. The maximum atomic E-state index is 10.4. The van der Waals surface area contributed by atoms with Gasteiger partial charge >= 0.3 is 0 Å². The lowest BCUT2D eigenvalue weighted by atomic mass is 9.92. The van der Waals surface area contributed by atoms with Crippen LogP contribution in [0.3, 0.4) is 0 Å². The summed E-state index contributed by atoms with van der Waals surface area (Å²) < 4.78 is 6.16. The fourth-order valence-corrected chi connectivity index (χ4v) is 5.78. The third-order valence-electron chi connectivity index (χ3n) is 7.84. The first-order chi connectivity index (χ1) is 20.2. The van der Waals surface area contributed by atoms with Crippen LogP contribution in [0.1, 0.15) is 28.9 Å². The first-order valence-corrected chi connectivity index (χ1v) is 13.8. The molecule has 2 aromatic heterocycles. The summed E-state index contributed by atoms with van der Waals surface area (Å²) in [6, 6.07) is 33.5. The minimum absolute atomic E-state index is 0.568. The maximum absolute atomic E-state index is 10.4. The van der Waals surface area contributed by atoms with Gasteiger partial charge in [0.15, 0.2) is 0 Å². The fraction of sp³-hybridized carbons (Fsp3) is 0.0811. The van der Waals surface area contributed by atoms with Crippen molar-refractivity contribution in [1.29, 1.82) is 5.26 Å². The molecule has 0 saturated heterocycles. The van der Waals surface area contributed by atoms with Crippen LogP contribution < -0.4 is 5.32 Å². The zero-order chi connectivity index (χ0) is 27.8. The molecule has 0 radical (unpaired) electrons. The monoisotopic (exact) mass is 529 g/mol. The molecule has 0 aliphatic heterocycles. The van der Waals surface area contributed by atoms with E-state index in [1.165, 1.54) is 11.1 Å². The Bertz CT molecular complexity index is 1990. The van der Waals surface area contributed by atoms with Crippen LogP contribution in [0.25, 0.3) is 50.4 Å². The largest absolute Gasteiger partial charge is 0.456 e. The average molecular weight is 530 g/mol. The summed E-state index contributed by atoms with van der Waals surface area (Å²) in [6.45, 7) is 2.12. The standard InChI is InChI=1S/C37H27N3O/c1-24-9-2-3-11-29(24)30-12-4-6-14-34(30)40-37-28(22-38)19-27(26-10-8-18-39-23-26)21-32(37)25-16-17-36-33(20-25)31-13-5-7-15-35(31)41-36/h2-4,6-12,14-21,23,40H,5,13H2,1H3. The van der Waals surface area contributed by atoms with Crippen LogP contribution in [0.5, 0.6) is 0 Å². The molecule has 41 heavy (non-hydrogen) atoms. The highest BCUT2D eigenvalue weighted by Gasteiger charge is 2.19. The van der Waals surface area contributed by atoms with Crippen LogP contribution in [-0.4, -0.2) is 4.98 Å². The van der Waals surface area contributed by atoms with Crippen LogP contribution >= 0.6 is 0 Å². The quantitative estimate of drug-likeness (QED) is 0.241. The fourth-order valence-electron chi connectivity index (χ4n) is 5.78. The summed E-state index contributed by atoms with van der Waals surface area (Å²) in [7, 11) is 0. The second-order valence-electron chi connectivity index (χ2n) is 10.4. The van der Waals surface area contributed by atoms with Crippen LogP contribution in [-0.2, 0) is 6.42 Å². The summed E-state index contributed by atoms with van der Waals surface area (Å²) in [5.74, 6) is 0.940. The van der Waals surface area contributed by atoms with E-state index in [2.05, 4.69) is 96.1 Å². The molecule has 6 aromatic rings. The highest BCUT2D eigenvalue weighted by atomic mass is 16.3. The minimum atomic E-state index is 0.568. The zero-order valence-electron chi connectivity index (χ0n) is 22.7. The number of anilines is 2. The van der Waals surface area contributed by atoms with Gasteiger partial charge in [-0.25, -0.2) is 0 Å². The predicted octanol–water partition coefficient (Wildman–Crippen LogP) is 9.71. The maximum Gasteiger partial charge on any atom is 0.135 e. The molecule has 4 heteroatoms. The molecule has 7 rings (SSSR count). The topological polar surface area (TPSA) is 61.9 Å². The van der Waals surface area contributed by atoms with E-state index < -0.39 is 0 Å². The van der Waals surface area contributed by atoms with Gasteiger partial charge in [0.1, 0.15) is 17.4 Å². The number of para-hydroxylation sites is 1. The zero-order valence-corrected chi connectivity index (χ0v) is 22.7. The summed E-state index contributed by atoms with van der Waals surface area (Å²) in [5.41, 5.74) is 11.7. The molecule has 0 saturated carbocycles. The van der Waals surface area contributed by atoms with Gasteiger partial charge < -0.3 is 9.73 Å². The average Bonchev–Trinajstić information content (AvgIpc) is 3.40. The van der Waals surface area contributed by atoms with E-state index in [1.54, 1.807) is 6.20 Å². The number of rotatable bonds is 5. The van der Waals surface area contributed by atoms with Gasteiger partial charge in [0.2, 0.25) is 0 Å². The van der Waals surface area contributed by atoms with Gasteiger partial charge in [-0.15, -0.1) is 0 Å². The lowest BCUT2D eigenvalue weighted by molar-refractivity contribution is 0.595. The number of nitrogens with zero attached hydrogens (tertiary/aromatic N) is 2. The number of aryl methyl sites for hydroxylation is 2. The van der Waals surface area contributed by atoms with E-state index in [-0.39, 0.29) is 0 Å². The van der Waals surface area contributed by atoms with Crippen molar-refractivity contribution in [2.45, 2.75) is 19.8 Å². The van der Waals surface area contributed by atoms with E-state index in [1.807, 2.05) is 36.5 Å². The number of benzene rings is 4. The second kappa shape index (κ2) is 10.3. The first-order valence-electron chi connectivity index (χ1n) is 13.8. The van der Waals surface area contributed by atoms with E-state index in [4.69, 9.17) is 4.42 Å². The van der Waals surface area contributed by atoms with Crippen molar-refractivity contribution in [3.63, 3.8) is 0 Å². The van der Waals surface area contributed by atoms with Gasteiger partial charge in [0.25, 0.3) is 0 Å². The predicted molar refractivity (Wildman–Crippen MR) is 167 cm³/mol. The van der Waals surface area contributed by atoms with Gasteiger partial charge in [0.05, 0.1) is 11.3 Å². The molecule has 4 aromatic carbocycles. The van der Waals surface area contributed by atoms with E-state index >= 15 is 0 Å². The molecule has 2 heterocycles. The minimum Gasteiger partial charge on any atom is -0.456 e. The summed E-state index contributed by atoms with van der Waals surface area (Å²) >= 11 is 0. The highest BCUT2D eigenvalue weighted by Crippen LogP contribution is 2.42. The molecule has 4 nitrogen and oxygen atoms in total. The molecule has 0 unspecified atom stereocenters. The molecule has 0 atom stereocenters. The molecule has 0 bridgehead atoms. The number of pyridine rings is 1. The summed E-state index contributed by atoms with van der Waals surface area (Å²) in [6.07, 6.45) is 9.79. The smallest absolute Gasteiger partial charge is 0.135 e. The lowest BCUT2D eigenvalue weighted by Gasteiger charge is -2.19. The van der Waals surface area contributed by atoms with E-state index in [9.17, 15) is 5.26 Å². The van der Waals surface area contributed by atoms with Crippen LogP contribution in [0.4, 0.5) is 11.4 Å². The number of allylic oxidation sites excluding steroid dienone is 1. The van der Waals surface area contributed by atoms with Gasteiger partial charge in [-0.3, -0.25) is 4.98 Å². The Labute approximate surface area is 239 Å². The van der Waals surface area contributed by atoms with Crippen LogP contribution in [0.2, 0.25) is 0 Å². The van der Waals surface area contributed by atoms with Crippen molar-refractivity contribution in [2.24, 2.45) is 0 Å². The third kappa shape index (κ3) is 4.48. The Morgan fingerprint density at radius 3 is 2.51 bits per heavy atom. The first kappa shape index (κ1) is 24.6.